The number of likely N-dealkylation sites (tertiary alicyclic amines) is 1. The van der Waals surface area contributed by atoms with Crippen molar-refractivity contribution < 1.29 is 43.2 Å². The number of alkyl halides is 6. The minimum atomic E-state index is -6.60. The minimum absolute atomic E-state index is 0.493. The molecule has 0 bridgehead atoms. The van der Waals surface area contributed by atoms with Crippen LogP contribution in [-0.4, -0.2) is 52.4 Å². The van der Waals surface area contributed by atoms with Crippen molar-refractivity contribution in [3.8, 4) is 0 Å². The molecule has 1 fully saturated rings. The lowest BCUT2D eigenvalue weighted by molar-refractivity contribution is -0.0476. The zero-order chi connectivity index (χ0) is 18.5. The van der Waals surface area contributed by atoms with Crippen LogP contribution < -0.4 is 4.13 Å². The fourth-order valence-electron chi connectivity index (χ4n) is 1.51. The summed E-state index contributed by atoms with van der Waals surface area (Å²) in [6.07, 6.45) is 4.30. The molecule has 1 saturated heterocycles. The Kier molecular flexibility index (Phi) is 7.78. The molecule has 140 valence electrons. The second kappa shape index (κ2) is 7.98. The van der Waals surface area contributed by atoms with Crippen molar-refractivity contribution in [3.63, 3.8) is 0 Å². The molecule has 23 heavy (non-hydrogen) atoms. The molecule has 1 aliphatic rings. The third kappa shape index (κ3) is 7.22. The Morgan fingerprint density at radius 3 is 1.39 bits per heavy atom. The predicted molar refractivity (Wildman–Crippen MR) is 69.1 cm³/mol. The average molecular weight is 394 g/mol. The van der Waals surface area contributed by atoms with Crippen molar-refractivity contribution in [1.29, 1.82) is 0 Å². The lowest BCUT2D eigenvalue weighted by Gasteiger charge is -2.24. The first-order valence-electron chi connectivity index (χ1n) is 6.27. The number of rotatable bonds is 3. The topological polar surface area (TPSA) is 83.6 Å². The average Bonchev–Trinajstić information content (AvgIpc) is 2.36. The summed E-state index contributed by atoms with van der Waals surface area (Å²) < 4.78 is 108. The maximum atomic E-state index is 11.5. The van der Waals surface area contributed by atoms with E-state index >= 15 is 0 Å². The molecule has 0 saturated carbocycles. The van der Waals surface area contributed by atoms with Crippen LogP contribution in [0.1, 0.15) is 26.2 Å². The third-order valence-electron chi connectivity index (χ3n) is 2.72. The molecule has 0 aromatic carbocycles. The highest BCUT2D eigenvalue weighted by molar-refractivity contribution is 8.05. The molecule has 1 N–H and O–H groups in total. The number of halogens is 6. The first-order valence-corrected chi connectivity index (χ1v) is 9.24. The molecule has 0 aromatic rings. The van der Waals surface area contributed by atoms with E-state index in [-0.39, 0.29) is 0 Å². The van der Waals surface area contributed by atoms with Gasteiger partial charge < -0.3 is 4.90 Å². The molecule has 0 spiro atoms. The Hall–Kier alpha value is -0.600. The summed E-state index contributed by atoms with van der Waals surface area (Å²) >= 11 is 0. The van der Waals surface area contributed by atoms with Gasteiger partial charge in [-0.1, -0.05) is 17.5 Å². The number of nitrogens with one attached hydrogen (secondary N) is 1. The van der Waals surface area contributed by atoms with Crippen molar-refractivity contribution in [2.75, 3.05) is 19.6 Å². The van der Waals surface area contributed by atoms with E-state index in [1.807, 2.05) is 0 Å². The molecular formula is C9H16F6N2O4S2. The quantitative estimate of drug-likeness (QED) is 0.738. The third-order valence-corrected chi connectivity index (χ3v) is 5.70. The first kappa shape index (κ1) is 22.4. The number of sulfonamides is 2. The number of piperidine rings is 1. The summed E-state index contributed by atoms with van der Waals surface area (Å²) in [4.78, 5) is 2.52. The van der Waals surface area contributed by atoms with Gasteiger partial charge in [-0.2, -0.15) is 26.3 Å². The van der Waals surface area contributed by atoms with Crippen LogP contribution in [0, 0.1) is 0 Å². The summed E-state index contributed by atoms with van der Waals surface area (Å²) in [5, 5.41) is 0. The van der Waals surface area contributed by atoms with Gasteiger partial charge in [0.2, 0.25) is 0 Å². The zero-order valence-corrected chi connectivity index (χ0v) is 13.5. The molecule has 1 rings (SSSR count). The van der Waals surface area contributed by atoms with E-state index in [0.717, 1.165) is 0 Å². The summed E-state index contributed by atoms with van der Waals surface area (Å²) in [5.41, 5.74) is -12.3. The SMILES string of the molecule is CCN1CCCCC1.O=S(=O)(NS(=O)(=O)C(F)(F)F)C(F)(F)F. The van der Waals surface area contributed by atoms with E-state index in [1.54, 1.807) is 0 Å². The number of nitrogens with zero attached hydrogens (tertiary/aromatic N) is 1. The zero-order valence-electron chi connectivity index (χ0n) is 11.9. The van der Waals surface area contributed by atoms with Crippen LogP contribution >= 0.6 is 0 Å². The molecule has 1 heterocycles. The molecular weight excluding hydrogens is 378 g/mol. The van der Waals surface area contributed by atoms with Crippen LogP contribution in [0.4, 0.5) is 26.3 Å². The van der Waals surface area contributed by atoms with Crippen LogP contribution in [0.3, 0.4) is 0 Å². The highest BCUT2D eigenvalue weighted by Crippen LogP contribution is 2.27. The standard InChI is InChI=1S/C7H15N.C2HF6NO4S2/c1-2-8-6-4-3-5-7-8;3-1(4,5)14(10,11)9-15(12,13)2(6,7)8/h2-7H2,1H3;9H. The van der Waals surface area contributed by atoms with E-state index < -0.39 is 35.2 Å². The maximum Gasteiger partial charge on any atom is 0.512 e. The van der Waals surface area contributed by atoms with E-state index in [0.29, 0.717) is 0 Å². The smallest absolute Gasteiger partial charge is 0.304 e. The van der Waals surface area contributed by atoms with Crippen molar-refractivity contribution in [3.05, 3.63) is 0 Å². The Balaban J connectivity index is 0.000000502. The summed E-state index contributed by atoms with van der Waals surface area (Å²) in [7, 11) is -13.2. The van der Waals surface area contributed by atoms with Gasteiger partial charge in [0.15, 0.2) is 0 Å². The van der Waals surface area contributed by atoms with Gasteiger partial charge in [-0.25, -0.2) is 16.8 Å². The van der Waals surface area contributed by atoms with E-state index in [9.17, 15) is 43.2 Å². The lowest BCUT2D eigenvalue weighted by atomic mass is 10.1. The lowest BCUT2D eigenvalue weighted by Crippen LogP contribution is -2.45. The van der Waals surface area contributed by atoms with Crippen LogP contribution in [0.15, 0.2) is 0 Å². The van der Waals surface area contributed by atoms with Crippen molar-refractivity contribution in [2.24, 2.45) is 0 Å². The van der Waals surface area contributed by atoms with Crippen molar-refractivity contribution in [1.82, 2.24) is 9.03 Å². The van der Waals surface area contributed by atoms with Gasteiger partial charge in [-0.05, 0) is 32.5 Å². The van der Waals surface area contributed by atoms with Crippen LogP contribution in [0.25, 0.3) is 0 Å². The largest absolute Gasteiger partial charge is 0.512 e. The fraction of sp³-hybridized carbons (Fsp3) is 1.00. The van der Waals surface area contributed by atoms with E-state index in [2.05, 4.69) is 11.8 Å². The Bertz CT molecular complexity index is 522. The Morgan fingerprint density at radius 2 is 1.17 bits per heavy atom. The summed E-state index contributed by atoms with van der Waals surface area (Å²) in [5.74, 6) is 0. The van der Waals surface area contributed by atoms with Gasteiger partial charge in [-0.15, -0.1) is 0 Å². The highest BCUT2D eigenvalue weighted by atomic mass is 32.3. The predicted octanol–water partition coefficient (Wildman–Crippen LogP) is 1.77. The molecule has 0 aliphatic carbocycles. The molecule has 0 atom stereocenters. The first-order chi connectivity index (χ1) is 10.1. The van der Waals surface area contributed by atoms with E-state index in [1.165, 1.54) is 38.9 Å². The van der Waals surface area contributed by atoms with Gasteiger partial charge in [0.05, 0.1) is 0 Å². The fourth-order valence-corrected chi connectivity index (χ4v) is 3.43. The monoisotopic (exact) mass is 394 g/mol. The molecule has 14 heteroatoms. The molecule has 6 nitrogen and oxygen atoms in total. The second-order valence-electron chi connectivity index (χ2n) is 4.48. The molecule has 0 unspecified atom stereocenters. The number of hydrogen-bond acceptors (Lipinski definition) is 5. The maximum absolute atomic E-state index is 11.5. The summed E-state index contributed by atoms with van der Waals surface area (Å²) in [6.45, 7) is 6.18. The number of hydrogen-bond donors (Lipinski definition) is 1. The van der Waals surface area contributed by atoms with Crippen molar-refractivity contribution >= 4 is 20.0 Å². The Labute approximate surface area is 129 Å². The van der Waals surface area contributed by atoms with Crippen LogP contribution in [0.2, 0.25) is 0 Å². The minimum Gasteiger partial charge on any atom is -0.304 e. The van der Waals surface area contributed by atoms with E-state index in [4.69, 9.17) is 0 Å². The molecule has 1 aliphatic heterocycles. The van der Waals surface area contributed by atoms with Crippen molar-refractivity contribution in [2.45, 2.75) is 37.2 Å². The molecule has 0 amide bonds. The normalized spacial score (nSPS) is 18.2. The molecule has 0 radical (unpaired) electrons. The summed E-state index contributed by atoms with van der Waals surface area (Å²) in [6, 6.07) is 0. The van der Waals surface area contributed by atoms with Crippen LogP contribution in [0.5, 0.6) is 0 Å². The van der Waals surface area contributed by atoms with Gasteiger partial charge in [0, 0.05) is 0 Å². The van der Waals surface area contributed by atoms with Crippen LogP contribution in [-0.2, 0) is 20.0 Å². The second-order valence-corrected chi connectivity index (χ2v) is 8.08. The van der Waals surface area contributed by atoms with Gasteiger partial charge in [0.1, 0.15) is 0 Å². The van der Waals surface area contributed by atoms with Gasteiger partial charge in [-0.3, -0.25) is 0 Å². The highest BCUT2D eigenvalue weighted by Gasteiger charge is 2.55. The Morgan fingerprint density at radius 1 is 0.826 bits per heavy atom. The molecule has 0 aromatic heterocycles. The van der Waals surface area contributed by atoms with Gasteiger partial charge >= 0.3 is 31.1 Å². The van der Waals surface area contributed by atoms with Gasteiger partial charge in [0.25, 0.3) is 0 Å².